The molecule has 0 unspecified atom stereocenters. The normalized spacial score (nSPS) is 13.1. The van der Waals surface area contributed by atoms with Crippen molar-refractivity contribution < 1.29 is 30.0 Å². The molecule has 0 aliphatic heterocycles. The smallest absolute Gasteiger partial charge is 0.224 e. The Bertz CT molecular complexity index is 1220. The SMILES string of the molecule is CS(=O)(=O)c1ccc([SH](c2ccc(S(C)(=O)=O)cc2)c2cccc(C(F)(F)F)c2)cc1. The Labute approximate surface area is 181 Å². The third-order valence-electron chi connectivity index (χ3n) is 4.48. The lowest BCUT2D eigenvalue weighted by atomic mass is 10.2. The number of halogens is 3. The first-order chi connectivity index (χ1) is 14.3. The van der Waals surface area contributed by atoms with E-state index in [0.29, 0.717) is 14.7 Å². The molecule has 0 radical (unpaired) electrons. The molecule has 0 aromatic heterocycles. The topological polar surface area (TPSA) is 68.3 Å². The molecule has 0 atom stereocenters. The summed E-state index contributed by atoms with van der Waals surface area (Å²) >= 11 is 0. The molecule has 0 aliphatic rings. The summed E-state index contributed by atoms with van der Waals surface area (Å²) in [5.74, 6) is 0. The van der Waals surface area contributed by atoms with Crippen LogP contribution in [0.1, 0.15) is 5.56 Å². The molecule has 31 heavy (non-hydrogen) atoms. The van der Waals surface area contributed by atoms with E-state index in [1.807, 2.05) is 0 Å². The van der Waals surface area contributed by atoms with Gasteiger partial charge < -0.3 is 0 Å². The molecule has 0 N–H and O–H groups in total. The van der Waals surface area contributed by atoms with Crippen LogP contribution in [0, 0.1) is 0 Å². The average molecular weight is 489 g/mol. The van der Waals surface area contributed by atoms with Crippen LogP contribution >= 0.6 is 10.9 Å². The summed E-state index contributed by atoms with van der Waals surface area (Å²) in [6.45, 7) is 0. The molecule has 0 aliphatic carbocycles. The van der Waals surface area contributed by atoms with Crippen molar-refractivity contribution in [3.63, 3.8) is 0 Å². The van der Waals surface area contributed by atoms with E-state index in [9.17, 15) is 30.0 Å². The molecule has 0 saturated heterocycles. The van der Waals surface area contributed by atoms with E-state index in [1.54, 1.807) is 30.3 Å². The first-order valence-corrected chi connectivity index (χ1v) is 14.0. The van der Waals surface area contributed by atoms with Crippen LogP contribution in [0.4, 0.5) is 13.2 Å². The minimum atomic E-state index is -4.52. The fourth-order valence-electron chi connectivity index (χ4n) is 2.95. The fourth-order valence-corrected chi connectivity index (χ4v) is 6.51. The summed E-state index contributed by atoms with van der Waals surface area (Å²) in [6, 6.07) is 16.9. The average Bonchev–Trinajstić information content (AvgIpc) is 2.67. The predicted octanol–water partition coefficient (Wildman–Crippen LogP) is 4.99. The van der Waals surface area contributed by atoms with Crippen molar-refractivity contribution in [2.75, 3.05) is 12.5 Å². The van der Waals surface area contributed by atoms with Gasteiger partial charge in [-0.15, -0.1) is 0 Å². The minimum Gasteiger partial charge on any atom is -0.224 e. The molecule has 0 fully saturated rings. The Morgan fingerprint density at radius 3 is 1.42 bits per heavy atom. The molecule has 166 valence electrons. The fraction of sp³-hybridized carbons (Fsp3) is 0.143. The van der Waals surface area contributed by atoms with Crippen molar-refractivity contribution in [2.45, 2.75) is 30.7 Å². The second kappa shape index (κ2) is 8.33. The van der Waals surface area contributed by atoms with Gasteiger partial charge in [-0.25, -0.2) is 16.8 Å². The third-order valence-corrected chi connectivity index (χ3v) is 9.16. The van der Waals surface area contributed by atoms with Crippen LogP contribution in [0.15, 0.2) is 97.3 Å². The van der Waals surface area contributed by atoms with E-state index in [0.717, 1.165) is 24.6 Å². The van der Waals surface area contributed by atoms with Crippen molar-refractivity contribution in [3.05, 3.63) is 78.4 Å². The number of thiol groups is 1. The number of benzene rings is 3. The van der Waals surface area contributed by atoms with Gasteiger partial charge in [0.2, 0.25) is 0 Å². The van der Waals surface area contributed by atoms with Gasteiger partial charge in [-0.1, -0.05) is 6.07 Å². The van der Waals surface area contributed by atoms with Gasteiger partial charge in [0.15, 0.2) is 19.7 Å². The van der Waals surface area contributed by atoms with Crippen LogP contribution in [-0.4, -0.2) is 29.3 Å². The van der Waals surface area contributed by atoms with Crippen molar-refractivity contribution >= 4 is 30.6 Å². The molecule has 0 amide bonds. The summed E-state index contributed by atoms with van der Waals surface area (Å²) in [7, 11) is -8.36. The zero-order valence-electron chi connectivity index (χ0n) is 16.5. The van der Waals surface area contributed by atoms with Crippen LogP contribution in [-0.2, 0) is 25.9 Å². The van der Waals surface area contributed by atoms with Crippen LogP contribution in [0.3, 0.4) is 0 Å². The predicted molar refractivity (Wildman–Crippen MR) is 114 cm³/mol. The number of hydrogen-bond donors (Lipinski definition) is 1. The molecule has 3 rings (SSSR count). The molecule has 0 bridgehead atoms. The number of hydrogen-bond acceptors (Lipinski definition) is 4. The maximum absolute atomic E-state index is 13.3. The van der Waals surface area contributed by atoms with Gasteiger partial charge in [0.05, 0.1) is 15.4 Å². The number of alkyl halides is 3. The minimum absolute atomic E-state index is 0.0997. The molecular formula is C21H19F3O4S3. The standard InChI is InChI=1S/C21H19F3O4S3/c1-30(25,26)19-10-6-16(7-11-19)29(17-8-12-20(13-9-17)31(2,27)28)18-5-3-4-15(14-18)21(22,23)24/h3-14,29H,1-2H3. The maximum atomic E-state index is 13.3. The van der Waals surface area contributed by atoms with Gasteiger partial charge in [-0.2, -0.15) is 24.1 Å². The van der Waals surface area contributed by atoms with Crippen LogP contribution < -0.4 is 0 Å². The molecular weight excluding hydrogens is 469 g/mol. The highest BCUT2D eigenvalue weighted by Gasteiger charge is 2.31. The maximum Gasteiger partial charge on any atom is 0.416 e. The zero-order valence-corrected chi connectivity index (χ0v) is 19.0. The zero-order chi connectivity index (χ0) is 23.0. The summed E-state index contributed by atoms with van der Waals surface area (Å²) in [4.78, 5) is 1.87. The Hall–Kier alpha value is -2.30. The van der Waals surface area contributed by atoms with E-state index < -0.39 is 42.3 Å². The molecule has 4 nitrogen and oxygen atoms in total. The van der Waals surface area contributed by atoms with Crippen molar-refractivity contribution in [2.24, 2.45) is 0 Å². The lowest BCUT2D eigenvalue weighted by Gasteiger charge is -2.24. The monoisotopic (exact) mass is 488 g/mol. The number of sulfone groups is 2. The lowest BCUT2D eigenvalue weighted by Crippen LogP contribution is -2.05. The van der Waals surface area contributed by atoms with E-state index in [2.05, 4.69) is 0 Å². The van der Waals surface area contributed by atoms with Gasteiger partial charge in [-0.3, -0.25) is 0 Å². The van der Waals surface area contributed by atoms with E-state index in [1.165, 1.54) is 30.3 Å². The first-order valence-electron chi connectivity index (χ1n) is 8.84. The van der Waals surface area contributed by atoms with Gasteiger partial charge in [0.1, 0.15) is 0 Å². The highest BCUT2D eigenvalue weighted by Crippen LogP contribution is 2.52. The van der Waals surface area contributed by atoms with E-state index >= 15 is 0 Å². The summed E-state index contributed by atoms with van der Waals surface area (Å²) in [6.07, 6.45) is -2.37. The lowest BCUT2D eigenvalue weighted by molar-refractivity contribution is -0.137. The Kier molecular flexibility index (Phi) is 6.28. The summed E-state index contributed by atoms with van der Waals surface area (Å²) in [5, 5.41) is 0. The van der Waals surface area contributed by atoms with Crippen molar-refractivity contribution in [1.29, 1.82) is 0 Å². The third kappa shape index (κ3) is 5.50. The van der Waals surface area contributed by atoms with Crippen LogP contribution in [0.25, 0.3) is 0 Å². The molecule has 0 saturated carbocycles. The number of rotatable bonds is 5. The van der Waals surface area contributed by atoms with Gasteiger partial charge in [0, 0.05) is 12.5 Å². The Morgan fingerprint density at radius 2 is 1.06 bits per heavy atom. The second-order valence-electron chi connectivity index (χ2n) is 6.92. The molecule has 0 heterocycles. The largest absolute Gasteiger partial charge is 0.416 e. The van der Waals surface area contributed by atoms with E-state index in [4.69, 9.17) is 0 Å². The van der Waals surface area contributed by atoms with Gasteiger partial charge in [-0.05, 0) is 81.4 Å². The van der Waals surface area contributed by atoms with Crippen molar-refractivity contribution in [1.82, 2.24) is 0 Å². The summed E-state index contributed by atoms with van der Waals surface area (Å²) in [5.41, 5.74) is -0.794. The van der Waals surface area contributed by atoms with Crippen LogP contribution in [0.2, 0.25) is 0 Å². The van der Waals surface area contributed by atoms with Crippen molar-refractivity contribution in [3.8, 4) is 0 Å². The van der Waals surface area contributed by atoms with Gasteiger partial charge in [0.25, 0.3) is 0 Å². The molecule has 3 aromatic carbocycles. The van der Waals surface area contributed by atoms with Crippen LogP contribution in [0.5, 0.6) is 0 Å². The molecule has 3 aromatic rings. The molecule has 0 spiro atoms. The first kappa shape index (κ1) is 23.4. The van der Waals surface area contributed by atoms with Gasteiger partial charge >= 0.3 is 6.18 Å². The Balaban J connectivity index is 2.17. The highest BCUT2D eigenvalue weighted by atomic mass is 32.2. The highest BCUT2D eigenvalue weighted by molar-refractivity contribution is 8.17. The molecule has 10 heteroatoms. The summed E-state index contributed by atoms with van der Waals surface area (Å²) < 4.78 is 86.9. The quantitative estimate of drug-likeness (QED) is 0.514. The Morgan fingerprint density at radius 1 is 0.645 bits per heavy atom. The van der Waals surface area contributed by atoms with E-state index in [-0.39, 0.29) is 9.79 Å². The second-order valence-corrected chi connectivity index (χ2v) is 13.2.